The van der Waals surface area contributed by atoms with Crippen molar-refractivity contribution < 1.29 is 4.92 Å². The van der Waals surface area contributed by atoms with E-state index >= 15 is 0 Å². The quantitative estimate of drug-likeness (QED) is 0.608. The zero-order chi connectivity index (χ0) is 13.1. The van der Waals surface area contributed by atoms with Gasteiger partial charge < -0.3 is 0 Å². The summed E-state index contributed by atoms with van der Waals surface area (Å²) >= 11 is 6.48. The van der Waals surface area contributed by atoms with Gasteiger partial charge in [0.25, 0.3) is 5.69 Å². The molecule has 0 spiro atoms. The van der Waals surface area contributed by atoms with E-state index in [0.717, 1.165) is 12.0 Å². The van der Waals surface area contributed by atoms with E-state index in [-0.39, 0.29) is 5.69 Å². The predicted molar refractivity (Wildman–Crippen MR) is 72.2 cm³/mol. The third-order valence-electron chi connectivity index (χ3n) is 2.36. The maximum absolute atomic E-state index is 10.5. The van der Waals surface area contributed by atoms with Crippen LogP contribution >= 0.6 is 31.9 Å². The van der Waals surface area contributed by atoms with Gasteiger partial charge in [-0.3, -0.25) is 10.1 Å². The molecule has 0 aliphatic heterocycles. The van der Waals surface area contributed by atoms with Crippen LogP contribution < -0.4 is 0 Å². The van der Waals surface area contributed by atoms with Crippen LogP contribution in [0.1, 0.15) is 5.56 Å². The molecule has 6 nitrogen and oxygen atoms in total. The molecule has 1 aromatic heterocycles. The summed E-state index contributed by atoms with van der Waals surface area (Å²) in [6.45, 7) is 0.650. The van der Waals surface area contributed by atoms with Gasteiger partial charge in [0.05, 0.1) is 4.92 Å². The maximum Gasteiger partial charge on any atom is 0.269 e. The molecule has 0 fully saturated rings. The lowest BCUT2D eigenvalue weighted by atomic mass is 10.1. The molecule has 0 amide bonds. The molecular weight excluding hydrogens is 368 g/mol. The van der Waals surface area contributed by atoms with E-state index in [4.69, 9.17) is 0 Å². The number of hydrogen-bond acceptors (Lipinski definition) is 4. The second-order valence-electron chi connectivity index (χ2n) is 3.55. The summed E-state index contributed by atoms with van der Waals surface area (Å²) in [6.07, 6.45) is 0.729. The number of halogens is 2. The molecule has 2 rings (SSSR count). The number of aryl methyl sites for hydroxylation is 2. The van der Waals surface area contributed by atoms with E-state index < -0.39 is 4.92 Å². The van der Waals surface area contributed by atoms with Crippen molar-refractivity contribution in [3.05, 3.63) is 49.4 Å². The number of benzene rings is 1. The minimum Gasteiger partial charge on any atom is -0.258 e. The molecule has 1 heterocycles. The highest BCUT2D eigenvalue weighted by atomic mass is 79.9. The Hall–Kier alpha value is -1.28. The van der Waals surface area contributed by atoms with Gasteiger partial charge in [-0.05, 0) is 43.8 Å². The van der Waals surface area contributed by atoms with Gasteiger partial charge in [0.1, 0.15) is 0 Å². The van der Waals surface area contributed by atoms with Gasteiger partial charge in [0.2, 0.25) is 4.73 Å². The van der Waals surface area contributed by atoms with Crippen molar-refractivity contribution in [3.63, 3.8) is 0 Å². The number of hydrogen-bond donors (Lipinski definition) is 0. The van der Waals surface area contributed by atoms with Gasteiger partial charge in [-0.25, -0.2) is 4.68 Å². The highest BCUT2D eigenvalue weighted by Crippen LogP contribution is 2.15. The standard InChI is InChI=1S/C10H8Br2N4O2/c11-9-13-10(12)15(14-9)6-5-7-1-3-8(4-2-7)16(17)18/h1-4H,5-6H2. The molecule has 2 aromatic rings. The molecule has 18 heavy (non-hydrogen) atoms. The molecular formula is C10H8Br2N4O2. The van der Waals surface area contributed by atoms with Gasteiger partial charge in [0.15, 0.2) is 4.73 Å². The van der Waals surface area contributed by atoms with E-state index in [9.17, 15) is 10.1 Å². The van der Waals surface area contributed by atoms with Crippen molar-refractivity contribution >= 4 is 37.5 Å². The molecule has 1 aromatic carbocycles. The lowest BCUT2D eigenvalue weighted by molar-refractivity contribution is -0.384. The second-order valence-corrected chi connectivity index (χ2v) is 4.97. The van der Waals surface area contributed by atoms with Gasteiger partial charge in [-0.2, -0.15) is 4.98 Å². The van der Waals surface area contributed by atoms with Crippen molar-refractivity contribution in [2.75, 3.05) is 0 Å². The molecule has 0 saturated heterocycles. The van der Waals surface area contributed by atoms with Crippen LogP contribution in [0.4, 0.5) is 5.69 Å². The Morgan fingerprint density at radius 1 is 1.28 bits per heavy atom. The summed E-state index contributed by atoms with van der Waals surface area (Å²) in [5.74, 6) is 0. The molecule has 0 unspecified atom stereocenters. The van der Waals surface area contributed by atoms with E-state index in [1.54, 1.807) is 16.8 Å². The first-order chi connectivity index (χ1) is 8.56. The van der Waals surface area contributed by atoms with E-state index in [1.165, 1.54) is 12.1 Å². The summed E-state index contributed by atoms with van der Waals surface area (Å²) in [5, 5.41) is 14.6. The van der Waals surface area contributed by atoms with E-state index in [1.807, 2.05) is 0 Å². The average Bonchev–Trinajstić information content (AvgIpc) is 2.66. The topological polar surface area (TPSA) is 73.8 Å². The Morgan fingerprint density at radius 3 is 2.44 bits per heavy atom. The van der Waals surface area contributed by atoms with E-state index in [2.05, 4.69) is 41.9 Å². The van der Waals surface area contributed by atoms with Crippen molar-refractivity contribution in [3.8, 4) is 0 Å². The third-order valence-corrected chi connectivity index (χ3v) is 3.28. The number of rotatable bonds is 4. The first-order valence-electron chi connectivity index (χ1n) is 5.05. The number of non-ortho nitro benzene ring substituents is 1. The minimum atomic E-state index is -0.408. The van der Waals surface area contributed by atoms with Crippen molar-refractivity contribution in [2.45, 2.75) is 13.0 Å². The van der Waals surface area contributed by atoms with Crippen LogP contribution in [0, 0.1) is 10.1 Å². The fraction of sp³-hybridized carbons (Fsp3) is 0.200. The Bertz CT molecular complexity index is 568. The number of nitrogens with zero attached hydrogens (tertiary/aromatic N) is 4. The Kier molecular flexibility index (Phi) is 4.07. The smallest absolute Gasteiger partial charge is 0.258 e. The van der Waals surface area contributed by atoms with Gasteiger partial charge in [-0.15, -0.1) is 5.10 Å². The van der Waals surface area contributed by atoms with Crippen LogP contribution in [-0.2, 0) is 13.0 Å². The van der Waals surface area contributed by atoms with E-state index in [0.29, 0.717) is 16.0 Å². The summed E-state index contributed by atoms with van der Waals surface area (Å²) in [7, 11) is 0. The summed E-state index contributed by atoms with van der Waals surface area (Å²) in [5.41, 5.74) is 1.11. The fourth-order valence-electron chi connectivity index (χ4n) is 1.46. The minimum absolute atomic E-state index is 0.100. The highest BCUT2D eigenvalue weighted by Gasteiger charge is 2.06. The Morgan fingerprint density at radius 2 is 1.94 bits per heavy atom. The summed E-state index contributed by atoms with van der Waals surface area (Å²) in [6, 6.07) is 6.50. The average molecular weight is 376 g/mol. The largest absolute Gasteiger partial charge is 0.269 e. The monoisotopic (exact) mass is 374 g/mol. The zero-order valence-electron chi connectivity index (χ0n) is 9.08. The van der Waals surface area contributed by atoms with Crippen LogP contribution in [0.5, 0.6) is 0 Å². The Labute approximate surface area is 119 Å². The molecule has 0 saturated carbocycles. The van der Waals surface area contributed by atoms with Gasteiger partial charge >= 0.3 is 0 Å². The fourth-order valence-corrected chi connectivity index (χ4v) is 2.48. The molecule has 0 N–H and O–H groups in total. The molecule has 0 radical (unpaired) electrons. The molecule has 0 aliphatic rings. The van der Waals surface area contributed by atoms with Crippen LogP contribution in [0.25, 0.3) is 0 Å². The first-order valence-corrected chi connectivity index (χ1v) is 6.64. The Balaban J connectivity index is 2.02. The lowest BCUT2D eigenvalue weighted by Gasteiger charge is -2.02. The number of nitro benzene ring substituents is 1. The maximum atomic E-state index is 10.5. The zero-order valence-corrected chi connectivity index (χ0v) is 12.3. The molecule has 0 atom stereocenters. The van der Waals surface area contributed by atoms with Crippen LogP contribution in [0.15, 0.2) is 33.7 Å². The predicted octanol–water partition coefficient (Wildman–Crippen LogP) is 2.95. The van der Waals surface area contributed by atoms with Gasteiger partial charge in [0, 0.05) is 18.7 Å². The molecule has 8 heteroatoms. The molecule has 0 aliphatic carbocycles. The van der Waals surface area contributed by atoms with Crippen LogP contribution in [0.3, 0.4) is 0 Å². The molecule has 0 bridgehead atoms. The second kappa shape index (κ2) is 5.57. The highest BCUT2D eigenvalue weighted by molar-refractivity contribution is 9.11. The van der Waals surface area contributed by atoms with Crippen molar-refractivity contribution in [2.24, 2.45) is 0 Å². The number of nitro groups is 1. The van der Waals surface area contributed by atoms with Crippen LogP contribution in [0.2, 0.25) is 0 Å². The van der Waals surface area contributed by atoms with Crippen molar-refractivity contribution in [1.82, 2.24) is 14.8 Å². The van der Waals surface area contributed by atoms with Crippen LogP contribution in [-0.4, -0.2) is 19.7 Å². The lowest BCUT2D eigenvalue weighted by Crippen LogP contribution is -2.03. The number of aromatic nitrogens is 3. The summed E-state index contributed by atoms with van der Waals surface area (Å²) in [4.78, 5) is 14.2. The van der Waals surface area contributed by atoms with Crippen molar-refractivity contribution in [1.29, 1.82) is 0 Å². The molecule has 94 valence electrons. The van der Waals surface area contributed by atoms with Gasteiger partial charge in [-0.1, -0.05) is 12.1 Å². The summed E-state index contributed by atoms with van der Waals surface area (Å²) < 4.78 is 2.89. The first kappa shape index (κ1) is 13.2. The third kappa shape index (κ3) is 3.14. The SMILES string of the molecule is O=[N+]([O-])c1ccc(CCn2nc(Br)nc2Br)cc1. The normalized spacial score (nSPS) is 10.6.